The molecule has 0 aliphatic rings. The van der Waals surface area contributed by atoms with Gasteiger partial charge in [-0.2, -0.15) is 22.0 Å². The Morgan fingerprint density at radius 1 is 1.17 bits per heavy atom. The van der Waals surface area contributed by atoms with Gasteiger partial charge in [0.05, 0.1) is 16.5 Å². The molecule has 1 aromatic carbocycles. The predicted octanol–water partition coefficient (Wildman–Crippen LogP) is 4.47. The van der Waals surface area contributed by atoms with Gasteiger partial charge in [-0.15, -0.1) is 10.2 Å². The Morgan fingerprint density at radius 3 is 2.59 bits per heavy atom. The van der Waals surface area contributed by atoms with Crippen LogP contribution in [-0.4, -0.2) is 32.4 Å². The fourth-order valence-corrected chi connectivity index (χ4v) is 3.16. The standard InChI is InChI=1S/C17H13F5N4O2S/c1-9(14(27)23-11-4-2-3-5-12(11)28-15(18)19)29-16-25-24-13-7-6-10(8-26(13)16)17(20,21)22/h2-9,15H,1H3,(H,23,27). The number of carbonyl (C=O) groups is 1. The van der Waals surface area contributed by atoms with Crippen LogP contribution in [0.25, 0.3) is 5.65 Å². The highest BCUT2D eigenvalue weighted by molar-refractivity contribution is 8.00. The topological polar surface area (TPSA) is 68.5 Å². The molecule has 0 saturated carbocycles. The first-order valence-electron chi connectivity index (χ1n) is 8.08. The fourth-order valence-electron chi connectivity index (χ4n) is 2.33. The Balaban J connectivity index is 1.77. The van der Waals surface area contributed by atoms with Gasteiger partial charge in [-0.25, -0.2) is 0 Å². The first kappa shape index (κ1) is 20.8. The molecular weight excluding hydrogens is 419 g/mol. The molecule has 6 nitrogen and oxygen atoms in total. The summed E-state index contributed by atoms with van der Waals surface area (Å²) < 4.78 is 69.2. The van der Waals surface area contributed by atoms with Crippen molar-refractivity contribution in [1.82, 2.24) is 14.6 Å². The first-order chi connectivity index (χ1) is 13.6. The van der Waals surface area contributed by atoms with Crippen LogP contribution in [0.4, 0.5) is 27.6 Å². The van der Waals surface area contributed by atoms with E-state index in [0.717, 1.165) is 28.4 Å². The van der Waals surface area contributed by atoms with Crippen molar-refractivity contribution in [1.29, 1.82) is 0 Å². The second-order valence-corrected chi connectivity index (χ2v) is 7.06. The number of pyridine rings is 1. The molecule has 1 N–H and O–H groups in total. The zero-order valence-electron chi connectivity index (χ0n) is 14.7. The van der Waals surface area contributed by atoms with Gasteiger partial charge >= 0.3 is 12.8 Å². The average molecular weight is 432 g/mol. The molecular formula is C17H13F5N4O2S. The zero-order chi connectivity index (χ0) is 21.2. The number of ether oxygens (including phenoxy) is 1. The fraction of sp³-hybridized carbons (Fsp3) is 0.235. The van der Waals surface area contributed by atoms with Crippen molar-refractivity contribution >= 4 is 29.0 Å². The quantitative estimate of drug-likeness (QED) is 0.460. The summed E-state index contributed by atoms with van der Waals surface area (Å²) in [6.45, 7) is -1.57. The van der Waals surface area contributed by atoms with E-state index in [9.17, 15) is 26.7 Å². The number of hydrogen-bond acceptors (Lipinski definition) is 5. The van der Waals surface area contributed by atoms with Crippen molar-refractivity contribution in [2.75, 3.05) is 5.32 Å². The van der Waals surface area contributed by atoms with Crippen molar-refractivity contribution in [2.24, 2.45) is 0 Å². The minimum atomic E-state index is -4.54. The third-order valence-corrected chi connectivity index (χ3v) is 4.77. The maximum Gasteiger partial charge on any atom is 0.417 e. The molecule has 0 bridgehead atoms. The van der Waals surface area contributed by atoms with E-state index in [1.54, 1.807) is 0 Å². The summed E-state index contributed by atoms with van der Waals surface area (Å²) in [6, 6.07) is 7.69. The smallest absolute Gasteiger partial charge is 0.417 e. The van der Waals surface area contributed by atoms with Gasteiger partial charge in [0.15, 0.2) is 10.8 Å². The van der Waals surface area contributed by atoms with E-state index in [0.29, 0.717) is 0 Å². The average Bonchev–Trinajstić information content (AvgIpc) is 3.04. The first-order valence-corrected chi connectivity index (χ1v) is 8.96. The third kappa shape index (κ3) is 4.94. The Bertz CT molecular complexity index is 1020. The minimum absolute atomic E-state index is 0.0377. The van der Waals surface area contributed by atoms with Crippen LogP contribution in [0.3, 0.4) is 0 Å². The molecule has 154 valence electrons. The summed E-state index contributed by atoms with van der Waals surface area (Å²) >= 11 is 0.867. The van der Waals surface area contributed by atoms with Crippen LogP contribution in [0, 0.1) is 0 Å². The molecule has 0 aliphatic heterocycles. The molecule has 2 heterocycles. The number of para-hydroxylation sites is 2. The largest absolute Gasteiger partial charge is 0.433 e. The molecule has 12 heteroatoms. The lowest BCUT2D eigenvalue weighted by atomic mass is 10.3. The van der Waals surface area contributed by atoms with Gasteiger partial charge in [0.2, 0.25) is 5.91 Å². The molecule has 3 aromatic rings. The van der Waals surface area contributed by atoms with Gasteiger partial charge in [-0.1, -0.05) is 23.9 Å². The summed E-state index contributed by atoms with van der Waals surface area (Å²) in [4.78, 5) is 12.4. The van der Waals surface area contributed by atoms with Crippen LogP contribution >= 0.6 is 11.8 Å². The molecule has 0 radical (unpaired) electrons. The maximum absolute atomic E-state index is 12.9. The van der Waals surface area contributed by atoms with Crippen molar-refractivity contribution in [3.63, 3.8) is 0 Å². The highest BCUT2D eigenvalue weighted by atomic mass is 32.2. The summed E-state index contributed by atoms with van der Waals surface area (Å²) in [5.74, 6) is -0.792. The molecule has 0 spiro atoms. The van der Waals surface area contributed by atoms with Crippen molar-refractivity contribution < 1.29 is 31.5 Å². The van der Waals surface area contributed by atoms with Crippen molar-refractivity contribution in [3.05, 3.63) is 48.2 Å². The van der Waals surface area contributed by atoms with Crippen LogP contribution in [0.5, 0.6) is 5.75 Å². The SMILES string of the molecule is CC(Sc1nnc2ccc(C(F)(F)F)cn12)C(=O)Nc1ccccc1OC(F)F. The Morgan fingerprint density at radius 2 is 1.90 bits per heavy atom. The number of anilines is 1. The lowest BCUT2D eigenvalue weighted by Gasteiger charge is -2.14. The number of fused-ring (bicyclic) bond motifs is 1. The lowest BCUT2D eigenvalue weighted by Crippen LogP contribution is -2.23. The second-order valence-electron chi connectivity index (χ2n) is 5.75. The van der Waals surface area contributed by atoms with E-state index in [4.69, 9.17) is 0 Å². The number of carbonyl (C=O) groups excluding carboxylic acids is 1. The third-order valence-electron chi connectivity index (χ3n) is 3.71. The number of thioether (sulfide) groups is 1. The van der Waals surface area contributed by atoms with Crippen LogP contribution in [0.1, 0.15) is 12.5 Å². The Hall–Kier alpha value is -2.89. The summed E-state index contributed by atoms with van der Waals surface area (Å²) in [7, 11) is 0. The van der Waals surface area contributed by atoms with Gasteiger partial charge in [0, 0.05) is 6.20 Å². The number of amides is 1. The van der Waals surface area contributed by atoms with E-state index in [1.807, 2.05) is 0 Å². The Labute approximate surface area is 165 Å². The number of benzene rings is 1. The van der Waals surface area contributed by atoms with E-state index < -0.39 is 29.5 Å². The van der Waals surface area contributed by atoms with E-state index in [-0.39, 0.29) is 22.2 Å². The highest BCUT2D eigenvalue weighted by Crippen LogP contribution is 2.31. The van der Waals surface area contributed by atoms with Gasteiger partial charge in [0.1, 0.15) is 5.75 Å². The summed E-state index contributed by atoms with van der Waals surface area (Å²) in [5.41, 5.74) is -0.665. The number of nitrogens with one attached hydrogen (secondary N) is 1. The van der Waals surface area contributed by atoms with E-state index in [2.05, 4.69) is 20.3 Å². The minimum Gasteiger partial charge on any atom is -0.433 e. The van der Waals surface area contributed by atoms with Crippen LogP contribution < -0.4 is 10.1 Å². The number of rotatable bonds is 6. The molecule has 0 aliphatic carbocycles. The molecule has 1 atom stereocenters. The lowest BCUT2D eigenvalue weighted by molar-refractivity contribution is -0.137. The van der Waals surface area contributed by atoms with Crippen LogP contribution in [-0.2, 0) is 11.0 Å². The molecule has 1 unspecified atom stereocenters. The molecule has 0 fully saturated rings. The maximum atomic E-state index is 12.9. The zero-order valence-corrected chi connectivity index (χ0v) is 15.5. The summed E-state index contributed by atoms with van der Waals surface area (Å²) in [5, 5.41) is 9.29. The summed E-state index contributed by atoms with van der Waals surface area (Å²) in [6.07, 6.45) is -3.70. The van der Waals surface area contributed by atoms with E-state index in [1.165, 1.54) is 37.3 Å². The number of halogens is 5. The second kappa shape index (κ2) is 8.23. The van der Waals surface area contributed by atoms with Gasteiger partial charge < -0.3 is 10.1 Å². The van der Waals surface area contributed by atoms with E-state index >= 15 is 0 Å². The van der Waals surface area contributed by atoms with Crippen LogP contribution in [0.15, 0.2) is 47.8 Å². The highest BCUT2D eigenvalue weighted by Gasteiger charge is 2.31. The number of aromatic nitrogens is 3. The van der Waals surface area contributed by atoms with Gasteiger partial charge in [-0.05, 0) is 31.2 Å². The molecule has 1 amide bonds. The molecule has 29 heavy (non-hydrogen) atoms. The Kier molecular flexibility index (Phi) is 5.91. The number of nitrogens with zero attached hydrogens (tertiary/aromatic N) is 3. The molecule has 3 rings (SSSR count). The normalized spacial score (nSPS) is 12.9. The van der Waals surface area contributed by atoms with Crippen LogP contribution in [0.2, 0.25) is 0 Å². The van der Waals surface area contributed by atoms with Crippen molar-refractivity contribution in [2.45, 2.75) is 30.1 Å². The number of hydrogen-bond donors (Lipinski definition) is 1. The van der Waals surface area contributed by atoms with Gasteiger partial charge in [0.25, 0.3) is 0 Å². The molecule has 0 saturated heterocycles. The number of alkyl halides is 5. The molecule has 2 aromatic heterocycles. The predicted molar refractivity (Wildman–Crippen MR) is 95.0 cm³/mol. The monoisotopic (exact) mass is 432 g/mol. The van der Waals surface area contributed by atoms with Gasteiger partial charge in [-0.3, -0.25) is 9.20 Å². The van der Waals surface area contributed by atoms with Crippen molar-refractivity contribution in [3.8, 4) is 5.75 Å².